The molecule has 0 aliphatic carbocycles. The number of sulfone groups is 1. The Labute approximate surface area is 170 Å². The molecule has 0 heterocycles. The number of rotatable bonds is 6. The Morgan fingerprint density at radius 1 is 0.448 bits per heavy atom. The SMILES string of the molecule is O=S(=O)(c1ccccc1Nc1ccccc1)c1ccccc1Nc1ccccc1. The molecule has 0 radical (unpaired) electrons. The molecule has 0 aliphatic rings. The monoisotopic (exact) mass is 400 g/mol. The van der Waals surface area contributed by atoms with Gasteiger partial charge in [-0.3, -0.25) is 0 Å². The summed E-state index contributed by atoms with van der Waals surface area (Å²) in [5, 5.41) is 6.44. The molecular weight excluding hydrogens is 380 g/mol. The summed E-state index contributed by atoms with van der Waals surface area (Å²) in [5.74, 6) is 0. The summed E-state index contributed by atoms with van der Waals surface area (Å²) < 4.78 is 27.2. The van der Waals surface area contributed by atoms with Crippen LogP contribution in [0.1, 0.15) is 0 Å². The third-order valence-electron chi connectivity index (χ3n) is 4.46. The molecule has 0 amide bonds. The van der Waals surface area contributed by atoms with Gasteiger partial charge in [-0.15, -0.1) is 0 Å². The van der Waals surface area contributed by atoms with E-state index < -0.39 is 9.84 Å². The minimum Gasteiger partial charge on any atom is -0.354 e. The third-order valence-corrected chi connectivity index (χ3v) is 6.33. The lowest BCUT2D eigenvalue weighted by Crippen LogP contribution is -2.08. The molecule has 0 bridgehead atoms. The Hall–Kier alpha value is -3.57. The van der Waals surface area contributed by atoms with E-state index >= 15 is 0 Å². The summed E-state index contributed by atoms with van der Waals surface area (Å²) in [4.78, 5) is 0.456. The van der Waals surface area contributed by atoms with Crippen molar-refractivity contribution in [2.75, 3.05) is 10.6 Å². The molecule has 4 aromatic rings. The zero-order valence-electron chi connectivity index (χ0n) is 15.6. The number of hydrogen-bond acceptors (Lipinski definition) is 4. The number of nitrogens with one attached hydrogen (secondary N) is 2. The van der Waals surface area contributed by atoms with Crippen molar-refractivity contribution in [2.45, 2.75) is 9.79 Å². The number of anilines is 4. The van der Waals surface area contributed by atoms with E-state index in [9.17, 15) is 8.42 Å². The Bertz CT molecular complexity index is 1120. The highest BCUT2D eigenvalue weighted by Crippen LogP contribution is 2.34. The van der Waals surface area contributed by atoms with Crippen LogP contribution in [0.25, 0.3) is 0 Å². The Morgan fingerprint density at radius 3 is 1.21 bits per heavy atom. The highest BCUT2D eigenvalue weighted by atomic mass is 32.2. The molecule has 0 aliphatic heterocycles. The van der Waals surface area contributed by atoms with Crippen molar-refractivity contribution in [1.82, 2.24) is 0 Å². The first-order valence-electron chi connectivity index (χ1n) is 9.22. The van der Waals surface area contributed by atoms with Crippen LogP contribution in [0.15, 0.2) is 119 Å². The Morgan fingerprint density at radius 2 is 0.793 bits per heavy atom. The van der Waals surface area contributed by atoms with Crippen LogP contribution < -0.4 is 10.6 Å². The van der Waals surface area contributed by atoms with Crippen molar-refractivity contribution < 1.29 is 8.42 Å². The van der Waals surface area contributed by atoms with E-state index in [0.29, 0.717) is 11.4 Å². The fraction of sp³-hybridized carbons (Fsp3) is 0. The van der Waals surface area contributed by atoms with E-state index in [1.165, 1.54) is 0 Å². The van der Waals surface area contributed by atoms with Gasteiger partial charge in [-0.05, 0) is 48.5 Å². The van der Waals surface area contributed by atoms with Crippen molar-refractivity contribution in [3.05, 3.63) is 109 Å². The molecule has 0 aromatic heterocycles. The van der Waals surface area contributed by atoms with Crippen LogP contribution in [0.3, 0.4) is 0 Å². The van der Waals surface area contributed by atoms with Gasteiger partial charge in [-0.25, -0.2) is 8.42 Å². The van der Waals surface area contributed by atoms with Crippen LogP contribution in [0, 0.1) is 0 Å². The molecule has 2 N–H and O–H groups in total. The topological polar surface area (TPSA) is 58.2 Å². The van der Waals surface area contributed by atoms with Crippen molar-refractivity contribution >= 4 is 32.6 Å². The molecule has 144 valence electrons. The van der Waals surface area contributed by atoms with Gasteiger partial charge in [-0.1, -0.05) is 60.7 Å². The summed E-state index contributed by atoms with van der Waals surface area (Å²) in [6, 6.07) is 32.9. The lowest BCUT2D eigenvalue weighted by atomic mass is 10.2. The van der Waals surface area contributed by atoms with Crippen LogP contribution in [-0.4, -0.2) is 8.42 Å². The molecule has 0 unspecified atom stereocenters. The first kappa shape index (κ1) is 18.8. The summed E-state index contributed by atoms with van der Waals surface area (Å²) in [7, 11) is -3.77. The standard InChI is InChI=1S/C24H20N2O2S/c27-29(28,23-17-9-7-15-21(23)25-19-11-3-1-4-12-19)24-18-10-8-16-22(24)26-20-13-5-2-6-14-20/h1-18,25-26H. The highest BCUT2D eigenvalue weighted by Gasteiger charge is 2.24. The average molecular weight is 401 g/mol. The van der Waals surface area contributed by atoms with Gasteiger partial charge in [0, 0.05) is 11.4 Å². The third kappa shape index (κ3) is 4.15. The largest absolute Gasteiger partial charge is 0.354 e. The van der Waals surface area contributed by atoms with Gasteiger partial charge in [-0.2, -0.15) is 0 Å². The summed E-state index contributed by atoms with van der Waals surface area (Å²) in [6.07, 6.45) is 0. The minimum absolute atomic E-state index is 0.228. The van der Waals surface area contributed by atoms with E-state index in [4.69, 9.17) is 0 Å². The number of hydrogen-bond donors (Lipinski definition) is 2. The molecule has 0 saturated heterocycles. The molecule has 29 heavy (non-hydrogen) atoms. The van der Waals surface area contributed by atoms with Crippen LogP contribution in [0.2, 0.25) is 0 Å². The molecule has 0 fully saturated rings. The van der Waals surface area contributed by atoms with Gasteiger partial charge in [0.2, 0.25) is 9.84 Å². The van der Waals surface area contributed by atoms with E-state index in [-0.39, 0.29) is 9.79 Å². The van der Waals surface area contributed by atoms with E-state index in [2.05, 4.69) is 10.6 Å². The van der Waals surface area contributed by atoms with Crippen LogP contribution in [0.4, 0.5) is 22.7 Å². The minimum atomic E-state index is -3.77. The average Bonchev–Trinajstić information content (AvgIpc) is 2.76. The second kappa shape index (κ2) is 8.20. The lowest BCUT2D eigenvalue weighted by Gasteiger charge is -2.16. The molecule has 4 nitrogen and oxygen atoms in total. The summed E-state index contributed by atoms with van der Waals surface area (Å²) >= 11 is 0. The summed E-state index contributed by atoms with van der Waals surface area (Å²) in [5.41, 5.74) is 2.72. The molecule has 0 saturated carbocycles. The van der Waals surface area contributed by atoms with E-state index in [0.717, 1.165) is 11.4 Å². The fourth-order valence-electron chi connectivity index (χ4n) is 3.08. The molecule has 4 rings (SSSR count). The predicted octanol–water partition coefficient (Wildman–Crippen LogP) is 6.01. The van der Waals surface area contributed by atoms with Crippen LogP contribution >= 0.6 is 0 Å². The van der Waals surface area contributed by atoms with Gasteiger partial charge < -0.3 is 10.6 Å². The van der Waals surface area contributed by atoms with Crippen molar-refractivity contribution in [1.29, 1.82) is 0 Å². The van der Waals surface area contributed by atoms with Crippen molar-refractivity contribution in [2.24, 2.45) is 0 Å². The van der Waals surface area contributed by atoms with E-state index in [1.807, 2.05) is 72.8 Å². The molecule has 0 atom stereocenters. The molecule has 0 spiro atoms. The first-order chi connectivity index (χ1) is 14.1. The Kier molecular flexibility index (Phi) is 5.31. The number of benzene rings is 4. The maximum atomic E-state index is 13.6. The summed E-state index contributed by atoms with van der Waals surface area (Å²) in [6.45, 7) is 0. The van der Waals surface area contributed by atoms with Crippen LogP contribution in [-0.2, 0) is 9.84 Å². The normalized spacial score (nSPS) is 11.0. The second-order valence-corrected chi connectivity index (χ2v) is 8.36. The maximum Gasteiger partial charge on any atom is 0.210 e. The van der Waals surface area contributed by atoms with Crippen LogP contribution in [0.5, 0.6) is 0 Å². The molecule has 5 heteroatoms. The lowest BCUT2D eigenvalue weighted by molar-refractivity contribution is 0.597. The fourth-order valence-corrected chi connectivity index (χ4v) is 4.65. The number of para-hydroxylation sites is 4. The second-order valence-electron chi connectivity index (χ2n) is 6.48. The predicted molar refractivity (Wildman–Crippen MR) is 118 cm³/mol. The van der Waals surface area contributed by atoms with Gasteiger partial charge in [0.1, 0.15) is 0 Å². The van der Waals surface area contributed by atoms with Gasteiger partial charge in [0.25, 0.3) is 0 Å². The zero-order chi connectivity index (χ0) is 20.1. The van der Waals surface area contributed by atoms with Gasteiger partial charge >= 0.3 is 0 Å². The first-order valence-corrected chi connectivity index (χ1v) is 10.7. The molecule has 4 aromatic carbocycles. The van der Waals surface area contributed by atoms with Gasteiger partial charge in [0.15, 0.2) is 0 Å². The van der Waals surface area contributed by atoms with Crippen molar-refractivity contribution in [3.63, 3.8) is 0 Å². The Balaban J connectivity index is 1.75. The maximum absolute atomic E-state index is 13.6. The van der Waals surface area contributed by atoms with E-state index in [1.54, 1.807) is 36.4 Å². The quantitative estimate of drug-likeness (QED) is 0.416. The smallest absolute Gasteiger partial charge is 0.210 e. The highest BCUT2D eigenvalue weighted by molar-refractivity contribution is 7.91. The van der Waals surface area contributed by atoms with Gasteiger partial charge in [0.05, 0.1) is 21.2 Å². The molecular formula is C24H20N2O2S. The zero-order valence-corrected chi connectivity index (χ0v) is 16.4. The van der Waals surface area contributed by atoms with Crippen molar-refractivity contribution in [3.8, 4) is 0 Å².